The summed E-state index contributed by atoms with van der Waals surface area (Å²) in [7, 11) is 0. The van der Waals surface area contributed by atoms with E-state index in [1.54, 1.807) is 37.8 Å². The minimum atomic E-state index is -1.22. The molecule has 0 aliphatic carbocycles. The molecule has 1 unspecified atom stereocenters. The SMILES string of the molecule is CCOC(=O)C(C)(C)C(=O)N1CCC(CCN2[C@@H]3CC[C@H]2CC(n2c(C)nc4ccccc42)C3)(c2cccc(F)c2)CC1. The van der Waals surface area contributed by atoms with Crippen molar-refractivity contribution in [2.24, 2.45) is 5.41 Å². The molecule has 230 valence electrons. The lowest BCUT2D eigenvalue weighted by atomic mass is 9.70. The Labute approximate surface area is 254 Å². The standard InChI is InChI=1S/C35H45FN4O3/c1-5-43-33(42)34(3,4)32(41)38-18-15-35(16-19-38,25-9-8-10-26(36)21-25)17-20-39-27-13-14-28(39)23-29(22-27)40-24(2)37-30-11-6-7-12-31(30)40/h6-12,21,27-29H,5,13-20,22-23H2,1-4H3/t27-,28+,29?. The highest BCUT2D eigenvalue weighted by atomic mass is 19.1. The first kappa shape index (κ1) is 29.8. The number of esters is 1. The van der Waals surface area contributed by atoms with Crippen LogP contribution in [0.3, 0.4) is 0 Å². The number of amides is 1. The molecule has 3 fully saturated rings. The summed E-state index contributed by atoms with van der Waals surface area (Å²) in [4.78, 5) is 35.3. The third-order valence-corrected chi connectivity index (χ3v) is 10.6. The van der Waals surface area contributed by atoms with Gasteiger partial charge < -0.3 is 14.2 Å². The van der Waals surface area contributed by atoms with E-state index in [1.807, 2.05) is 0 Å². The van der Waals surface area contributed by atoms with Crippen molar-refractivity contribution in [2.45, 2.75) is 96.2 Å². The van der Waals surface area contributed by atoms with Crippen LogP contribution < -0.4 is 0 Å². The molecule has 6 rings (SSSR count). The second-order valence-corrected chi connectivity index (χ2v) is 13.4. The van der Waals surface area contributed by atoms with Crippen LogP contribution in [0.25, 0.3) is 11.0 Å². The summed E-state index contributed by atoms with van der Waals surface area (Å²) in [5.74, 6) is 0.195. The van der Waals surface area contributed by atoms with E-state index >= 15 is 0 Å². The van der Waals surface area contributed by atoms with Crippen LogP contribution in [-0.2, 0) is 19.7 Å². The predicted octanol–water partition coefficient (Wildman–Crippen LogP) is 6.19. The highest BCUT2D eigenvalue weighted by Crippen LogP contribution is 2.45. The molecule has 2 bridgehead atoms. The highest BCUT2D eigenvalue weighted by molar-refractivity contribution is 6.01. The van der Waals surface area contributed by atoms with Gasteiger partial charge in [-0.15, -0.1) is 0 Å². The Morgan fingerprint density at radius 1 is 1.02 bits per heavy atom. The number of benzene rings is 2. The van der Waals surface area contributed by atoms with E-state index in [2.05, 4.69) is 46.7 Å². The van der Waals surface area contributed by atoms with Crippen molar-refractivity contribution >= 4 is 22.9 Å². The quantitative estimate of drug-likeness (QED) is 0.232. The summed E-state index contributed by atoms with van der Waals surface area (Å²) in [6.07, 6.45) is 7.08. The fourth-order valence-electron chi connectivity index (χ4n) is 8.22. The van der Waals surface area contributed by atoms with E-state index in [0.717, 1.165) is 55.6 Å². The summed E-state index contributed by atoms with van der Waals surface area (Å²) >= 11 is 0. The Morgan fingerprint density at radius 2 is 1.72 bits per heavy atom. The van der Waals surface area contributed by atoms with Crippen LogP contribution in [0.15, 0.2) is 48.5 Å². The Hall–Kier alpha value is -3.26. The number of carbonyl (C=O) groups excluding carboxylic acids is 2. The molecule has 8 heteroatoms. The van der Waals surface area contributed by atoms with Crippen LogP contribution in [0.2, 0.25) is 0 Å². The monoisotopic (exact) mass is 588 g/mol. The van der Waals surface area contributed by atoms with Gasteiger partial charge in [0.05, 0.1) is 17.6 Å². The maximum absolute atomic E-state index is 14.5. The molecule has 0 radical (unpaired) electrons. The Balaban J connectivity index is 1.17. The number of aryl methyl sites for hydroxylation is 1. The number of ether oxygens (including phenoxy) is 1. The molecule has 3 aliphatic heterocycles. The first-order valence-electron chi connectivity index (χ1n) is 16.0. The zero-order valence-electron chi connectivity index (χ0n) is 26.0. The van der Waals surface area contributed by atoms with Crippen molar-refractivity contribution < 1.29 is 18.7 Å². The number of imidazole rings is 1. The zero-order valence-corrected chi connectivity index (χ0v) is 26.0. The highest BCUT2D eigenvalue weighted by Gasteiger charge is 2.46. The number of carbonyl (C=O) groups is 2. The predicted molar refractivity (Wildman–Crippen MR) is 165 cm³/mol. The van der Waals surface area contributed by atoms with Crippen molar-refractivity contribution in [3.63, 3.8) is 0 Å². The Morgan fingerprint density at radius 3 is 2.40 bits per heavy atom. The molecule has 43 heavy (non-hydrogen) atoms. The number of fused-ring (bicyclic) bond motifs is 3. The van der Waals surface area contributed by atoms with Gasteiger partial charge in [-0.1, -0.05) is 24.3 Å². The molecule has 2 aromatic carbocycles. The van der Waals surface area contributed by atoms with Gasteiger partial charge in [0.25, 0.3) is 0 Å². The molecule has 1 aromatic heterocycles. The summed E-state index contributed by atoms with van der Waals surface area (Å²) in [5.41, 5.74) is 1.88. The normalized spacial score (nSPS) is 23.9. The van der Waals surface area contributed by atoms with Gasteiger partial charge in [0.1, 0.15) is 17.1 Å². The van der Waals surface area contributed by atoms with Crippen molar-refractivity contribution in [3.8, 4) is 0 Å². The lowest BCUT2D eigenvalue weighted by Gasteiger charge is -2.46. The topological polar surface area (TPSA) is 67.7 Å². The van der Waals surface area contributed by atoms with Gasteiger partial charge in [-0.3, -0.25) is 14.5 Å². The van der Waals surface area contributed by atoms with Crippen LogP contribution in [0.5, 0.6) is 0 Å². The molecule has 0 saturated carbocycles. The molecular weight excluding hydrogens is 543 g/mol. The number of likely N-dealkylation sites (tertiary alicyclic amines) is 1. The average Bonchev–Trinajstić information content (AvgIpc) is 3.46. The van der Waals surface area contributed by atoms with Gasteiger partial charge in [0, 0.05) is 31.2 Å². The van der Waals surface area contributed by atoms with E-state index < -0.39 is 11.4 Å². The lowest BCUT2D eigenvalue weighted by molar-refractivity contribution is -0.163. The van der Waals surface area contributed by atoms with Crippen LogP contribution in [-0.4, -0.2) is 69.6 Å². The molecule has 0 spiro atoms. The van der Waals surface area contributed by atoms with Gasteiger partial charge in [-0.25, -0.2) is 9.37 Å². The first-order chi connectivity index (χ1) is 20.6. The van der Waals surface area contributed by atoms with E-state index in [1.165, 1.54) is 24.4 Å². The number of nitrogens with zero attached hydrogens (tertiary/aromatic N) is 4. The number of hydrogen-bond donors (Lipinski definition) is 0. The fourth-order valence-corrected chi connectivity index (χ4v) is 8.22. The van der Waals surface area contributed by atoms with Crippen LogP contribution in [0.1, 0.15) is 83.1 Å². The van der Waals surface area contributed by atoms with E-state index in [-0.39, 0.29) is 23.7 Å². The van der Waals surface area contributed by atoms with Gasteiger partial charge in [0.15, 0.2) is 0 Å². The molecule has 3 saturated heterocycles. The smallest absolute Gasteiger partial charge is 0.321 e. The summed E-state index contributed by atoms with van der Waals surface area (Å²) in [5, 5.41) is 0. The number of para-hydroxylation sites is 2. The van der Waals surface area contributed by atoms with Crippen molar-refractivity contribution in [1.29, 1.82) is 0 Å². The zero-order chi connectivity index (χ0) is 30.4. The third-order valence-electron chi connectivity index (χ3n) is 10.6. The van der Waals surface area contributed by atoms with E-state index in [4.69, 9.17) is 9.72 Å². The number of piperidine rings is 2. The maximum atomic E-state index is 14.5. The maximum Gasteiger partial charge on any atom is 0.321 e. The third kappa shape index (κ3) is 5.47. The largest absolute Gasteiger partial charge is 0.465 e. The second kappa shape index (κ2) is 11.7. The van der Waals surface area contributed by atoms with Crippen LogP contribution in [0.4, 0.5) is 4.39 Å². The molecule has 7 nitrogen and oxygen atoms in total. The molecular formula is C35H45FN4O3. The number of halogens is 1. The van der Waals surface area contributed by atoms with Gasteiger partial charge >= 0.3 is 5.97 Å². The minimum absolute atomic E-state index is 0.193. The number of rotatable bonds is 8. The molecule has 3 aliphatic rings. The Kier molecular flexibility index (Phi) is 8.09. The molecule has 4 heterocycles. The summed E-state index contributed by atoms with van der Waals surface area (Å²) < 4.78 is 22.2. The Bertz CT molecular complexity index is 1480. The van der Waals surface area contributed by atoms with Crippen molar-refractivity contribution in [3.05, 3.63) is 65.7 Å². The van der Waals surface area contributed by atoms with Crippen molar-refractivity contribution in [2.75, 3.05) is 26.2 Å². The molecule has 0 N–H and O–H groups in total. The summed E-state index contributed by atoms with van der Waals surface area (Å²) in [6, 6.07) is 17.0. The fraction of sp³-hybridized carbons (Fsp3) is 0.571. The van der Waals surface area contributed by atoms with E-state index in [9.17, 15) is 14.0 Å². The minimum Gasteiger partial charge on any atom is -0.465 e. The summed E-state index contributed by atoms with van der Waals surface area (Å²) in [6.45, 7) is 9.47. The average molecular weight is 589 g/mol. The van der Waals surface area contributed by atoms with Crippen molar-refractivity contribution in [1.82, 2.24) is 19.4 Å². The molecule has 1 amide bonds. The van der Waals surface area contributed by atoms with Gasteiger partial charge in [0.2, 0.25) is 5.91 Å². The van der Waals surface area contributed by atoms with Crippen LogP contribution >= 0.6 is 0 Å². The van der Waals surface area contributed by atoms with Crippen LogP contribution in [0, 0.1) is 18.2 Å². The second-order valence-electron chi connectivity index (χ2n) is 13.4. The number of hydrogen-bond acceptors (Lipinski definition) is 5. The number of aromatic nitrogens is 2. The van der Waals surface area contributed by atoms with Gasteiger partial charge in [-0.2, -0.15) is 0 Å². The first-order valence-corrected chi connectivity index (χ1v) is 16.0. The molecule has 3 atom stereocenters. The van der Waals surface area contributed by atoms with Gasteiger partial charge in [-0.05, 0) is 114 Å². The lowest BCUT2D eigenvalue weighted by Crippen LogP contribution is -2.52. The molecule has 3 aromatic rings. The van der Waals surface area contributed by atoms with E-state index in [0.29, 0.717) is 31.2 Å².